The van der Waals surface area contributed by atoms with E-state index in [2.05, 4.69) is 25.7 Å². The summed E-state index contributed by atoms with van der Waals surface area (Å²) in [5.41, 5.74) is 1.24. The van der Waals surface area contributed by atoms with Crippen LogP contribution in [0, 0.1) is 0 Å². The van der Waals surface area contributed by atoms with Gasteiger partial charge in [-0.3, -0.25) is 0 Å². The number of aryl methyl sites for hydroxylation is 1. The second-order valence-electron chi connectivity index (χ2n) is 4.03. The number of hydrogen-bond acceptors (Lipinski definition) is 2. The van der Waals surface area contributed by atoms with E-state index >= 15 is 0 Å². The maximum atomic E-state index is 5.32. The first-order valence-electron chi connectivity index (χ1n) is 5.62. The summed E-state index contributed by atoms with van der Waals surface area (Å²) in [6.45, 7) is 9.19. The zero-order valence-electron chi connectivity index (χ0n) is 9.75. The van der Waals surface area contributed by atoms with Crippen LogP contribution in [0.5, 0.6) is 0 Å². The highest BCUT2D eigenvalue weighted by atomic mass is 16.3. The molecule has 0 fully saturated rings. The Morgan fingerprint density at radius 3 is 2.93 bits per heavy atom. The van der Waals surface area contributed by atoms with Gasteiger partial charge in [0.25, 0.3) is 0 Å². The van der Waals surface area contributed by atoms with Gasteiger partial charge in [-0.1, -0.05) is 12.5 Å². The standard InChI is InChI=1S/C13H21NO/c1-4-14-12(10-11(2)3)7-8-13-6-5-9-15-13/h5-6,9,12,14H,2,4,7-8,10H2,1,3H3. The molecule has 1 rings (SSSR count). The lowest BCUT2D eigenvalue weighted by molar-refractivity contribution is 0.447. The molecule has 0 aliphatic carbocycles. The topological polar surface area (TPSA) is 25.2 Å². The molecule has 15 heavy (non-hydrogen) atoms. The van der Waals surface area contributed by atoms with E-state index < -0.39 is 0 Å². The van der Waals surface area contributed by atoms with Gasteiger partial charge in [-0.25, -0.2) is 0 Å². The van der Waals surface area contributed by atoms with Gasteiger partial charge in [0.05, 0.1) is 6.26 Å². The normalized spacial score (nSPS) is 12.7. The summed E-state index contributed by atoms with van der Waals surface area (Å²) in [6, 6.07) is 4.50. The highest BCUT2D eigenvalue weighted by molar-refractivity contribution is 5.00. The van der Waals surface area contributed by atoms with Crippen LogP contribution in [0.25, 0.3) is 0 Å². The van der Waals surface area contributed by atoms with Crippen LogP contribution < -0.4 is 5.32 Å². The molecule has 2 nitrogen and oxygen atoms in total. The summed E-state index contributed by atoms with van der Waals surface area (Å²) in [6.07, 6.45) is 4.89. The zero-order chi connectivity index (χ0) is 11.1. The van der Waals surface area contributed by atoms with Crippen LogP contribution in [0.1, 0.15) is 32.4 Å². The van der Waals surface area contributed by atoms with E-state index in [1.54, 1.807) is 6.26 Å². The molecule has 0 aliphatic rings. The van der Waals surface area contributed by atoms with Gasteiger partial charge in [0.1, 0.15) is 5.76 Å². The van der Waals surface area contributed by atoms with Crippen LogP contribution in [-0.2, 0) is 6.42 Å². The summed E-state index contributed by atoms with van der Waals surface area (Å²) in [5.74, 6) is 1.07. The van der Waals surface area contributed by atoms with Crippen molar-refractivity contribution in [3.8, 4) is 0 Å². The molecule has 1 aromatic heterocycles. The minimum atomic E-state index is 0.526. The average Bonchev–Trinajstić information content (AvgIpc) is 2.66. The lowest BCUT2D eigenvalue weighted by atomic mass is 10.0. The van der Waals surface area contributed by atoms with Crippen molar-refractivity contribution in [3.63, 3.8) is 0 Å². The highest BCUT2D eigenvalue weighted by Crippen LogP contribution is 2.11. The Bertz CT molecular complexity index is 277. The van der Waals surface area contributed by atoms with E-state index in [-0.39, 0.29) is 0 Å². The van der Waals surface area contributed by atoms with Crippen LogP contribution >= 0.6 is 0 Å². The van der Waals surface area contributed by atoms with Crippen molar-refractivity contribution in [2.75, 3.05) is 6.54 Å². The summed E-state index contributed by atoms with van der Waals surface area (Å²) in [5, 5.41) is 3.47. The Morgan fingerprint density at radius 1 is 1.60 bits per heavy atom. The van der Waals surface area contributed by atoms with Crippen molar-refractivity contribution in [1.82, 2.24) is 5.32 Å². The highest BCUT2D eigenvalue weighted by Gasteiger charge is 2.08. The minimum Gasteiger partial charge on any atom is -0.469 e. The lowest BCUT2D eigenvalue weighted by Gasteiger charge is -2.17. The van der Waals surface area contributed by atoms with Crippen molar-refractivity contribution in [3.05, 3.63) is 36.3 Å². The molecule has 0 saturated heterocycles. The Kier molecular flexibility index (Phi) is 5.19. The summed E-state index contributed by atoms with van der Waals surface area (Å²) in [4.78, 5) is 0. The van der Waals surface area contributed by atoms with E-state index in [0.29, 0.717) is 6.04 Å². The summed E-state index contributed by atoms with van der Waals surface area (Å²) in [7, 11) is 0. The molecular weight excluding hydrogens is 186 g/mol. The molecule has 0 radical (unpaired) electrons. The maximum Gasteiger partial charge on any atom is 0.103 e. The third kappa shape index (κ3) is 4.84. The monoisotopic (exact) mass is 207 g/mol. The fraction of sp³-hybridized carbons (Fsp3) is 0.538. The van der Waals surface area contributed by atoms with Crippen LogP contribution in [0.2, 0.25) is 0 Å². The molecule has 0 bridgehead atoms. The molecule has 0 saturated carbocycles. The minimum absolute atomic E-state index is 0.526. The number of hydrogen-bond donors (Lipinski definition) is 1. The van der Waals surface area contributed by atoms with E-state index in [1.807, 2.05) is 12.1 Å². The zero-order valence-corrected chi connectivity index (χ0v) is 9.75. The van der Waals surface area contributed by atoms with Gasteiger partial charge >= 0.3 is 0 Å². The van der Waals surface area contributed by atoms with E-state index in [0.717, 1.165) is 31.6 Å². The second-order valence-corrected chi connectivity index (χ2v) is 4.03. The maximum absolute atomic E-state index is 5.32. The van der Waals surface area contributed by atoms with Crippen molar-refractivity contribution < 1.29 is 4.42 Å². The SMILES string of the molecule is C=C(C)CC(CCc1ccco1)NCC. The Morgan fingerprint density at radius 2 is 2.40 bits per heavy atom. The van der Waals surface area contributed by atoms with Crippen molar-refractivity contribution in [2.45, 2.75) is 39.2 Å². The van der Waals surface area contributed by atoms with Crippen LogP contribution in [0.15, 0.2) is 35.0 Å². The predicted molar refractivity (Wildman–Crippen MR) is 63.9 cm³/mol. The molecule has 1 atom stereocenters. The molecule has 1 N–H and O–H groups in total. The number of furan rings is 1. The van der Waals surface area contributed by atoms with Gasteiger partial charge in [0.2, 0.25) is 0 Å². The molecular formula is C13H21NO. The van der Waals surface area contributed by atoms with Crippen LogP contribution in [-0.4, -0.2) is 12.6 Å². The first kappa shape index (κ1) is 12.1. The smallest absolute Gasteiger partial charge is 0.103 e. The van der Waals surface area contributed by atoms with Crippen LogP contribution in [0.3, 0.4) is 0 Å². The summed E-state index contributed by atoms with van der Waals surface area (Å²) >= 11 is 0. The molecule has 0 amide bonds. The first-order chi connectivity index (χ1) is 7.22. The lowest BCUT2D eigenvalue weighted by Crippen LogP contribution is -2.29. The number of nitrogens with one attached hydrogen (secondary N) is 1. The Balaban J connectivity index is 2.34. The third-order valence-electron chi connectivity index (χ3n) is 2.41. The quantitative estimate of drug-likeness (QED) is 0.695. The average molecular weight is 207 g/mol. The molecule has 1 heterocycles. The second kappa shape index (κ2) is 6.46. The predicted octanol–water partition coefficient (Wildman–Crippen LogP) is 3.16. The number of rotatable bonds is 7. The Labute approximate surface area is 92.4 Å². The largest absolute Gasteiger partial charge is 0.469 e. The Hall–Kier alpha value is -1.02. The van der Waals surface area contributed by atoms with Gasteiger partial charge in [-0.15, -0.1) is 6.58 Å². The fourth-order valence-corrected chi connectivity index (χ4v) is 1.76. The van der Waals surface area contributed by atoms with E-state index in [1.165, 1.54) is 5.57 Å². The molecule has 0 aliphatic heterocycles. The van der Waals surface area contributed by atoms with Gasteiger partial charge in [0.15, 0.2) is 0 Å². The van der Waals surface area contributed by atoms with Crippen molar-refractivity contribution in [1.29, 1.82) is 0 Å². The van der Waals surface area contributed by atoms with Crippen LogP contribution in [0.4, 0.5) is 0 Å². The summed E-state index contributed by atoms with van der Waals surface area (Å²) < 4.78 is 5.32. The molecule has 0 aromatic carbocycles. The van der Waals surface area contributed by atoms with E-state index in [4.69, 9.17) is 4.42 Å². The van der Waals surface area contributed by atoms with Gasteiger partial charge < -0.3 is 9.73 Å². The molecule has 1 unspecified atom stereocenters. The molecule has 0 spiro atoms. The van der Waals surface area contributed by atoms with Gasteiger partial charge in [-0.05, 0) is 38.4 Å². The fourth-order valence-electron chi connectivity index (χ4n) is 1.76. The molecule has 84 valence electrons. The van der Waals surface area contributed by atoms with Gasteiger partial charge in [-0.2, -0.15) is 0 Å². The third-order valence-corrected chi connectivity index (χ3v) is 2.41. The van der Waals surface area contributed by atoms with Crippen molar-refractivity contribution in [2.24, 2.45) is 0 Å². The van der Waals surface area contributed by atoms with Gasteiger partial charge in [0, 0.05) is 12.5 Å². The molecule has 1 aromatic rings. The van der Waals surface area contributed by atoms with Crippen molar-refractivity contribution >= 4 is 0 Å². The van der Waals surface area contributed by atoms with E-state index in [9.17, 15) is 0 Å². The molecule has 2 heteroatoms. The first-order valence-corrected chi connectivity index (χ1v) is 5.62.